The Kier molecular flexibility index (Phi) is 6.88. The highest BCUT2D eigenvalue weighted by molar-refractivity contribution is 7.90. The molecule has 1 fully saturated rings. The Morgan fingerprint density at radius 3 is 2.38 bits per heavy atom. The molecule has 1 amide bonds. The molecule has 178 valence electrons. The van der Waals surface area contributed by atoms with Crippen LogP contribution in [0.3, 0.4) is 0 Å². The lowest BCUT2D eigenvalue weighted by Crippen LogP contribution is -2.40. The van der Waals surface area contributed by atoms with Crippen molar-refractivity contribution in [3.8, 4) is 16.9 Å². The minimum absolute atomic E-state index is 0.0331. The molecule has 0 unspecified atom stereocenters. The zero-order valence-electron chi connectivity index (χ0n) is 17.8. The summed E-state index contributed by atoms with van der Waals surface area (Å²) in [6.07, 6.45) is 0. The summed E-state index contributed by atoms with van der Waals surface area (Å²) in [7, 11) is -4.38. The molecule has 3 aromatic carbocycles. The maximum atomic E-state index is 14.6. The van der Waals surface area contributed by atoms with E-state index in [1.54, 1.807) is 30.3 Å². The van der Waals surface area contributed by atoms with Gasteiger partial charge in [0.1, 0.15) is 16.5 Å². The molecule has 0 spiro atoms. The van der Waals surface area contributed by atoms with Gasteiger partial charge in [0, 0.05) is 35.8 Å². The predicted octanol–water partition coefficient (Wildman–Crippen LogP) is 4.44. The van der Waals surface area contributed by atoms with Gasteiger partial charge in [-0.3, -0.25) is 4.79 Å². The smallest absolute Gasteiger partial charge is 0.254 e. The highest BCUT2D eigenvalue weighted by Gasteiger charge is 2.28. The largest absolute Gasteiger partial charge is 0.505 e. The quantitative estimate of drug-likeness (QED) is 0.552. The Labute approximate surface area is 200 Å². The molecule has 1 aliphatic rings. The summed E-state index contributed by atoms with van der Waals surface area (Å²) in [4.78, 5) is 13.7. The Hall–Kier alpha value is -3.01. The molecule has 34 heavy (non-hydrogen) atoms. The number of hydrogen-bond donors (Lipinski definition) is 1. The zero-order chi connectivity index (χ0) is 24.5. The van der Waals surface area contributed by atoms with E-state index in [1.165, 1.54) is 11.0 Å². The highest BCUT2D eigenvalue weighted by atomic mass is 35.5. The summed E-state index contributed by atoms with van der Waals surface area (Å²) in [5.74, 6) is -3.98. The predicted molar refractivity (Wildman–Crippen MR) is 123 cm³/mol. The van der Waals surface area contributed by atoms with Crippen LogP contribution in [0.2, 0.25) is 5.02 Å². The number of sulfone groups is 1. The van der Waals surface area contributed by atoms with Gasteiger partial charge in [-0.05, 0) is 23.8 Å². The molecule has 0 saturated carbocycles. The molecule has 0 aliphatic carbocycles. The van der Waals surface area contributed by atoms with Gasteiger partial charge in [-0.2, -0.15) is 0 Å². The van der Waals surface area contributed by atoms with Crippen LogP contribution in [0.5, 0.6) is 5.75 Å². The molecular formula is C24H20ClF2NO5S. The van der Waals surface area contributed by atoms with E-state index in [0.717, 1.165) is 12.1 Å². The molecule has 1 heterocycles. The van der Waals surface area contributed by atoms with Gasteiger partial charge in [-0.15, -0.1) is 0 Å². The Morgan fingerprint density at radius 2 is 1.71 bits per heavy atom. The average Bonchev–Trinajstić information content (AvgIpc) is 2.83. The van der Waals surface area contributed by atoms with Crippen molar-refractivity contribution in [2.45, 2.75) is 10.6 Å². The van der Waals surface area contributed by atoms with Gasteiger partial charge in [0.2, 0.25) is 0 Å². The lowest BCUT2D eigenvalue weighted by molar-refractivity contribution is 0.0302. The Bertz CT molecular complexity index is 1340. The first-order valence-electron chi connectivity index (χ1n) is 10.3. The Balaban J connectivity index is 1.71. The Morgan fingerprint density at radius 1 is 1.03 bits per heavy atom. The maximum absolute atomic E-state index is 14.6. The number of halogens is 3. The third-order valence-electron chi connectivity index (χ3n) is 5.48. The van der Waals surface area contributed by atoms with Crippen LogP contribution in [0.25, 0.3) is 11.1 Å². The topological polar surface area (TPSA) is 83.9 Å². The summed E-state index contributed by atoms with van der Waals surface area (Å²) in [5, 5.41) is 10.0. The molecular weight excluding hydrogens is 488 g/mol. The molecule has 6 nitrogen and oxygen atoms in total. The fourth-order valence-corrected chi connectivity index (χ4v) is 5.48. The van der Waals surface area contributed by atoms with Crippen LogP contribution in [0.15, 0.2) is 59.5 Å². The van der Waals surface area contributed by atoms with Gasteiger partial charge in [0.15, 0.2) is 15.6 Å². The molecule has 0 bridgehead atoms. The minimum atomic E-state index is -4.38. The summed E-state index contributed by atoms with van der Waals surface area (Å²) in [5.41, 5.74) is 0.154. The summed E-state index contributed by atoms with van der Waals surface area (Å²) >= 11 is 6.03. The number of amides is 1. The number of phenolic OH excluding ortho intramolecular Hbond substituents is 1. The SMILES string of the molecule is O=C(c1cc(Cl)c(O)c(S(=O)(=O)Cc2cc(-c3ccccc3)c(F)cc2F)c1)N1CCOCC1. The van der Waals surface area contributed by atoms with Gasteiger partial charge in [0.25, 0.3) is 5.91 Å². The van der Waals surface area contributed by atoms with Crippen LogP contribution < -0.4 is 0 Å². The van der Waals surface area contributed by atoms with E-state index in [0.29, 0.717) is 37.9 Å². The number of nitrogens with zero attached hydrogens (tertiary/aromatic N) is 1. The normalized spacial score (nSPS) is 14.3. The van der Waals surface area contributed by atoms with Crippen molar-refractivity contribution >= 4 is 27.3 Å². The van der Waals surface area contributed by atoms with E-state index >= 15 is 0 Å². The third kappa shape index (κ3) is 4.91. The van der Waals surface area contributed by atoms with Crippen LogP contribution >= 0.6 is 11.6 Å². The molecule has 1 aliphatic heterocycles. The lowest BCUT2D eigenvalue weighted by atomic mass is 10.0. The number of carbonyl (C=O) groups is 1. The van der Waals surface area contributed by atoms with Crippen molar-refractivity contribution in [3.63, 3.8) is 0 Å². The van der Waals surface area contributed by atoms with Crippen LogP contribution in [-0.2, 0) is 20.3 Å². The second-order valence-electron chi connectivity index (χ2n) is 7.76. The fourth-order valence-electron chi connectivity index (χ4n) is 3.71. The molecule has 3 aromatic rings. The van der Waals surface area contributed by atoms with Crippen molar-refractivity contribution in [1.82, 2.24) is 4.90 Å². The first-order valence-corrected chi connectivity index (χ1v) is 12.4. The zero-order valence-corrected chi connectivity index (χ0v) is 19.4. The van der Waals surface area contributed by atoms with Gasteiger partial charge in [-0.1, -0.05) is 41.9 Å². The molecule has 0 atom stereocenters. The standard InChI is InChI=1S/C24H20ClF2NO5S/c25-19-11-16(24(30)28-6-8-33-9-7-28)12-22(23(19)29)34(31,32)14-17-10-18(21(27)13-20(17)26)15-4-2-1-3-5-15/h1-5,10-13,29H,6-9,14H2. The van der Waals surface area contributed by atoms with Crippen LogP contribution in [-0.4, -0.2) is 50.6 Å². The van der Waals surface area contributed by atoms with Crippen molar-refractivity contribution in [1.29, 1.82) is 0 Å². The second kappa shape index (κ2) is 9.69. The number of morpholine rings is 1. The maximum Gasteiger partial charge on any atom is 0.254 e. The first kappa shape index (κ1) is 24.1. The number of ether oxygens (including phenoxy) is 1. The van der Waals surface area contributed by atoms with E-state index < -0.39 is 43.8 Å². The molecule has 1 saturated heterocycles. The fraction of sp³-hybridized carbons (Fsp3) is 0.208. The summed E-state index contributed by atoms with van der Waals surface area (Å²) in [6.45, 7) is 1.33. The van der Waals surface area contributed by atoms with Crippen molar-refractivity contribution in [3.05, 3.63) is 82.4 Å². The number of phenols is 1. The van der Waals surface area contributed by atoms with E-state index in [9.17, 15) is 27.1 Å². The van der Waals surface area contributed by atoms with Gasteiger partial charge in [-0.25, -0.2) is 17.2 Å². The van der Waals surface area contributed by atoms with E-state index in [-0.39, 0.29) is 21.7 Å². The second-order valence-corrected chi connectivity index (χ2v) is 10.1. The summed E-state index contributed by atoms with van der Waals surface area (Å²) in [6, 6.07) is 12.2. The number of rotatable bonds is 5. The van der Waals surface area contributed by atoms with Gasteiger partial charge in [0.05, 0.1) is 24.0 Å². The van der Waals surface area contributed by atoms with Crippen molar-refractivity contribution in [2.24, 2.45) is 0 Å². The van der Waals surface area contributed by atoms with Gasteiger partial charge < -0.3 is 14.7 Å². The number of carbonyl (C=O) groups excluding carboxylic acids is 1. The minimum Gasteiger partial charge on any atom is -0.505 e. The molecule has 0 aromatic heterocycles. The highest BCUT2D eigenvalue weighted by Crippen LogP contribution is 2.35. The van der Waals surface area contributed by atoms with Crippen molar-refractivity contribution < 1.29 is 31.8 Å². The molecule has 1 N–H and O–H groups in total. The number of aromatic hydroxyl groups is 1. The van der Waals surface area contributed by atoms with Crippen LogP contribution in [0.1, 0.15) is 15.9 Å². The van der Waals surface area contributed by atoms with Crippen molar-refractivity contribution in [2.75, 3.05) is 26.3 Å². The summed E-state index contributed by atoms with van der Waals surface area (Å²) < 4.78 is 60.6. The number of hydrogen-bond acceptors (Lipinski definition) is 5. The molecule has 4 rings (SSSR count). The van der Waals surface area contributed by atoms with Crippen LogP contribution in [0.4, 0.5) is 8.78 Å². The molecule has 0 radical (unpaired) electrons. The number of benzene rings is 3. The van der Waals surface area contributed by atoms with E-state index in [1.807, 2.05) is 0 Å². The van der Waals surface area contributed by atoms with E-state index in [2.05, 4.69) is 0 Å². The first-order chi connectivity index (χ1) is 16.2. The monoisotopic (exact) mass is 507 g/mol. The lowest BCUT2D eigenvalue weighted by Gasteiger charge is -2.27. The third-order valence-corrected chi connectivity index (χ3v) is 7.44. The average molecular weight is 508 g/mol. The van der Waals surface area contributed by atoms with Gasteiger partial charge >= 0.3 is 0 Å². The van der Waals surface area contributed by atoms with E-state index in [4.69, 9.17) is 16.3 Å². The van der Waals surface area contributed by atoms with Crippen LogP contribution in [0, 0.1) is 11.6 Å². The molecule has 10 heteroatoms.